The summed E-state index contributed by atoms with van der Waals surface area (Å²) in [6.07, 6.45) is 16.5. The second kappa shape index (κ2) is 17.7. The smallest absolute Gasteiger partial charge is 0.305 e. The van der Waals surface area contributed by atoms with E-state index in [-0.39, 0.29) is 19.2 Å². The number of hydrogen-bond acceptors (Lipinski definition) is 6. The van der Waals surface area contributed by atoms with Gasteiger partial charge in [-0.05, 0) is 32.1 Å². The second-order valence-corrected chi connectivity index (χ2v) is 8.44. The molecule has 6 nitrogen and oxygen atoms in total. The van der Waals surface area contributed by atoms with Crippen LogP contribution in [0.4, 0.5) is 0 Å². The van der Waals surface area contributed by atoms with Crippen molar-refractivity contribution in [3.05, 3.63) is 12.2 Å². The Morgan fingerprint density at radius 3 is 2.10 bits per heavy atom. The van der Waals surface area contributed by atoms with E-state index in [1.54, 1.807) is 0 Å². The summed E-state index contributed by atoms with van der Waals surface area (Å²) in [4.78, 5) is 11.7. The van der Waals surface area contributed by atoms with Crippen LogP contribution in [0.2, 0.25) is 0 Å². The van der Waals surface area contributed by atoms with Gasteiger partial charge in [0.05, 0.1) is 6.61 Å². The predicted octanol–water partition coefficient (Wildman–Crippen LogP) is 4.05. The Bertz CT molecular complexity index is 453. The van der Waals surface area contributed by atoms with E-state index in [9.17, 15) is 20.1 Å². The topological polar surface area (TPSA) is 96.2 Å². The molecule has 3 N–H and O–H groups in total. The Kier molecular flexibility index (Phi) is 16.0. The first-order valence-corrected chi connectivity index (χ1v) is 12.0. The van der Waals surface area contributed by atoms with Crippen LogP contribution in [-0.4, -0.2) is 58.9 Å². The van der Waals surface area contributed by atoms with Crippen molar-refractivity contribution in [1.29, 1.82) is 0 Å². The minimum Gasteiger partial charge on any atom is -0.463 e. The van der Waals surface area contributed by atoms with Crippen LogP contribution in [0.25, 0.3) is 0 Å². The molecule has 30 heavy (non-hydrogen) atoms. The first-order chi connectivity index (χ1) is 14.6. The molecule has 0 aromatic rings. The molecule has 0 radical (unpaired) electrons. The van der Waals surface area contributed by atoms with Crippen LogP contribution in [-0.2, 0) is 14.3 Å². The highest BCUT2D eigenvalue weighted by molar-refractivity contribution is 5.69. The maximum atomic E-state index is 11.7. The number of carbonyl (C=O) groups is 1. The molecule has 1 heterocycles. The second-order valence-electron chi connectivity index (χ2n) is 8.44. The Morgan fingerprint density at radius 1 is 0.967 bits per heavy atom. The van der Waals surface area contributed by atoms with Crippen molar-refractivity contribution in [2.45, 2.75) is 121 Å². The number of aliphatic hydroxyl groups is 3. The van der Waals surface area contributed by atoms with Gasteiger partial charge in [-0.1, -0.05) is 70.4 Å². The zero-order valence-corrected chi connectivity index (χ0v) is 18.8. The standard InChI is InChI=1S/C24H44O6/c1-2-3-4-5-6-7-8-9-10-11-12-13-14-15-16-17-22(27)29-19-21(26)24-23(28)20(25)18-30-24/h9-10,20-21,23-26,28H,2-8,11-19H2,1H3/b10-9+/t20-,21+,23+,24?/m0/s1. The monoisotopic (exact) mass is 428 g/mol. The maximum Gasteiger partial charge on any atom is 0.305 e. The lowest BCUT2D eigenvalue weighted by molar-refractivity contribution is -0.151. The zero-order chi connectivity index (χ0) is 22.0. The van der Waals surface area contributed by atoms with Crippen molar-refractivity contribution < 1.29 is 29.6 Å². The van der Waals surface area contributed by atoms with E-state index in [2.05, 4.69) is 19.1 Å². The average Bonchev–Trinajstić information content (AvgIpc) is 3.07. The number of aliphatic hydroxyl groups excluding tert-OH is 3. The molecule has 0 saturated carbocycles. The average molecular weight is 429 g/mol. The number of carbonyl (C=O) groups excluding carboxylic acids is 1. The molecular weight excluding hydrogens is 384 g/mol. The molecule has 0 spiro atoms. The van der Waals surface area contributed by atoms with Crippen molar-refractivity contribution in [3.8, 4) is 0 Å². The predicted molar refractivity (Wildman–Crippen MR) is 118 cm³/mol. The molecule has 0 amide bonds. The molecule has 0 aromatic heterocycles. The number of allylic oxidation sites excluding steroid dienone is 2. The third-order valence-electron chi connectivity index (χ3n) is 5.63. The molecule has 0 bridgehead atoms. The fourth-order valence-corrected chi connectivity index (χ4v) is 3.65. The molecule has 4 atom stereocenters. The Labute approximate surface area is 182 Å². The zero-order valence-electron chi connectivity index (χ0n) is 18.8. The van der Waals surface area contributed by atoms with E-state index in [4.69, 9.17) is 9.47 Å². The molecule has 1 aliphatic rings. The molecule has 176 valence electrons. The highest BCUT2D eigenvalue weighted by Gasteiger charge is 2.39. The number of esters is 1. The first-order valence-electron chi connectivity index (χ1n) is 12.0. The van der Waals surface area contributed by atoms with Gasteiger partial charge in [-0.25, -0.2) is 0 Å². The van der Waals surface area contributed by atoms with Gasteiger partial charge in [0.25, 0.3) is 0 Å². The van der Waals surface area contributed by atoms with Crippen molar-refractivity contribution in [2.24, 2.45) is 0 Å². The van der Waals surface area contributed by atoms with Crippen molar-refractivity contribution in [2.75, 3.05) is 13.2 Å². The number of hydrogen-bond donors (Lipinski definition) is 3. The fraction of sp³-hybridized carbons (Fsp3) is 0.875. The van der Waals surface area contributed by atoms with Gasteiger partial charge in [-0.15, -0.1) is 0 Å². The Hall–Kier alpha value is -0.950. The van der Waals surface area contributed by atoms with Gasteiger partial charge in [0.2, 0.25) is 0 Å². The molecule has 1 unspecified atom stereocenters. The highest BCUT2D eigenvalue weighted by Crippen LogP contribution is 2.18. The highest BCUT2D eigenvalue weighted by atomic mass is 16.6. The Morgan fingerprint density at radius 2 is 1.53 bits per heavy atom. The molecular formula is C24H44O6. The lowest BCUT2D eigenvalue weighted by Crippen LogP contribution is -2.41. The summed E-state index contributed by atoms with van der Waals surface area (Å²) >= 11 is 0. The summed E-state index contributed by atoms with van der Waals surface area (Å²) in [6, 6.07) is 0. The van der Waals surface area contributed by atoms with Crippen LogP contribution >= 0.6 is 0 Å². The molecule has 1 fully saturated rings. The third kappa shape index (κ3) is 12.7. The largest absolute Gasteiger partial charge is 0.463 e. The van der Waals surface area contributed by atoms with Crippen molar-refractivity contribution in [1.82, 2.24) is 0 Å². The van der Waals surface area contributed by atoms with Crippen molar-refractivity contribution in [3.63, 3.8) is 0 Å². The molecule has 0 aromatic carbocycles. The minimum atomic E-state index is -1.15. The first kappa shape index (κ1) is 27.1. The van der Waals surface area contributed by atoms with Gasteiger partial charge in [-0.2, -0.15) is 0 Å². The van der Waals surface area contributed by atoms with Gasteiger partial charge in [0, 0.05) is 6.42 Å². The van der Waals surface area contributed by atoms with Crippen LogP contribution in [0.5, 0.6) is 0 Å². The lowest BCUT2D eigenvalue weighted by Gasteiger charge is -2.20. The fourth-order valence-electron chi connectivity index (χ4n) is 3.65. The summed E-state index contributed by atoms with van der Waals surface area (Å²) in [7, 11) is 0. The lowest BCUT2D eigenvalue weighted by atomic mass is 10.1. The molecule has 6 heteroatoms. The number of ether oxygens (including phenoxy) is 2. The van der Waals surface area contributed by atoms with E-state index < -0.39 is 24.4 Å². The van der Waals surface area contributed by atoms with E-state index in [0.717, 1.165) is 25.7 Å². The van der Waals surface area contributed by atoms with E-state index >= 15 is 0 Å². The van der Waals surface area contributed by atoms with Gasteiger partial charge in [0.1, 0.15) is 31.0 Å². The normalized spacial score (nSPS) is 22.6. The van der Waals surface area contributed by atoms with Gasteiger partial charge >= 0.3 is 5.97 Å². The van der Waals surface area contributed by atoms with E-state index in [0.29, 0.717) is 6.42 Å². The quantitative estimate of drug-likeness (QED) is 0.173. The summed E-state index contributed by atoms with van der Waals surface area (Å²) in [6.45, 7) is 2.00. The Balaban J connectivity index is 1.87. The minimum absolute atomic E-state index is 0.0221. The maximum absolute atomic E-state index is 11.7. The number of rotatable bonds is 18. The third-order valence-corrected chi connectivity index (χ3v) is 5.63. The van der Waals surface area contributed by atoms with Gasteiger partial charge < -0.3 is 24.8 Å². The van der Waals surface area contributed by atoms with Crippen molar-refractivity contribution >= 4 is 5.97 Å². The van der Waals surface area contributed by atoms with Crippen LogP contribution in [0.15, 0.2) is 12.2 Å². The van der Waals surface area contributed by atoms with Crippen LogP contribution < -0.4 is 0 Å². The van der Waals surface area contributed by atoms with Gasteiger partial charge in [-0.3, -0.25) is 4.79 Å². The summed E-state index contributed by atoms with van der Waals surface area (Å²) in [5, 5.41) is 29.0. The molecule has 1 aliphatic heterocycles. The SMILES string of the molecule is CCCCCCCC/C=C/CCCCCCCC(=O)OC[C@@H](O)C1OC[C@H](O)[C@H]1O. The summed E-state index contributed by atoms with van der Waals surface area (Å²) in [5.74, 6) is -0.347. The van der Waals surface area contributed by atoms with E-state index in [1.807, 2.05) is 0 Å². The molecule has 1 saturated heterocycles. The van der Waals surface area contributed by atoms with Crippen LogP contribution in [0, 0.1) is 0 Å². The van der Waals surface area contributed by atoms with E-state index in [1.165, 1.54) is 57.8 Å². The summed E-state index contributed by atoms with van der Waals surface area (Å²) < 4.78 is 10.2. The van der Waals surface area contributed by atoms with Gasteiger partial charge in [0.15, 0.2) is 0 Å². The molecule has 1 rings (SSSR count). The molecule has 0 aliphatic carbocycles. The van der Waals surface area contributed by atoms with Crippen LogP contribution in [0.1, 0.15) is 96.8 Å². The van der Waals surface area contributed by atoms with Crippen LogP contribution in [0.3, 0.4) is 0 Å². The summed E-state index contributed by atoms with van der Waals surface area (Å²) in [5.41, 5.74) is 0. The number of unbranched alkanes of at least 4 members (excludes halogenated alkanes) is 11.